The smallest absolute Gasteiger partial charge is 0.250 e. The standard InChI is InChI=1S/C19H27NO2Si/c1-19(2,3)23(6,7)22-17-12-11-16(20(4)5)18-14(13-21)9-8-10-15(17)18/h8-13H,1-7H3. The van der Waals surface area contributed by atoms with E-state index in [4.69, 9.17) is 4.43 Å². The SMILES string of the molecule is CN(C)c1ccc(O[Si](C)(C)C(C)(C)C)c2cccc(C=O)c12. The molecule has 2 aromatic rings. The molecule has 2 aromatic carbocycles. The molecule has 4 heteroatoms. The van der Waals surface area contributed by atoms with Gasteiger partial charge in [0.1, 0.15) is 5.75 Å². The minimum absolute atomic E-state index is 0.127. The van der Waals surface area contributed by atoms with Gasteiger partial charge in [0.15, 0.2) is 6.29 Å². The Labute approximate surface area is 140 Å². The van der Waals surface area contributed by atoms with Crippen LogP contribution in [0.1, 0.15) is 31.1 Å². The predicted octanol–water partition coefficient (Wildman–Crippen LogP) is 5.10. The Morgan fingerprint density at radius 3 is 2.26 bits per heavy atom. The second-order valence-electron chi connectivity index (χ2n) is 7.73. The van der Waals surface area contributed by atoms with Crippen LogP contribution in [0.3, 0.4) is 0 Å². The zero-order valence-corrected chi connectivity index (χ0v) is 16.2. The van der Waals surface area contributed by atoms with Gasteiger partial charge < -0.3 is 9.33 Å². The number of hydrogen-bond donors (Lipinski definition) is 0. The third-order valence-electron chi connectivity index (χ3n) is 4.79. The minimum atomic E-state index is -1.94. The average molecular weight is 330 g/mol. The molecule has 0 atom stereocenters. The van der Waals surface area contributed by atoms with Crippen molar-refractivity contribution in [2.45, 2.75) is 38.9 Å². The fourth-order valence-electron chi connectivity index (χ4n) is 2.38. The number of rotatable bonds is 4. The van der Waals surface area contributed by atoms with E-state index in [1.165, 1.54) is 0 Å². The van der Waals surface area contributed by atoms with Gasteiger partial charge in [-0.1, -0.05) is 39.0 Å². The molecule has 0 aliphatic heterocycles. The lowest BCUT2D eigenvalue weighted by atomic mass is 10.0. The summed E-state index contributed by atoms with van der Waals surface area (Å²) in [5.41, 5.74) is 1.73. The third kappa shape index (κ3) is 3.27. The van der Waals surface area contributed by atoms with Crippen molar-refractivity contribution in [2.75, 3.05) is 19.0 Å². The summed E-state index contributed by atoms with van der Waals surface area (Å²) >= 11 is 0. The van der Waals surface area contributed by atoms with Gasteiger partial charge in [-0.2, -0.15) is 0 Å². The van der Waals surface area contributed by atoms with Crippen LogP contribution < -0.4 is 9.33 Å². The molecule has 0 aromatic heterocycles. The van der Waals surface area contributed by atoms with Gasteiger partial charge in [-0.05, 0) is 30.3 Å². The number of carbonyl (C=O) groups is 1. The molecule has 0 heterocycles. The average Bonchev–Trinajstić information content (AvgIpc) is 2.45. The van der Waals surface area contributed by atoms with Crippen LogP contribution in [-0.2, 0) is 0 Å². The normalized spacial score (nSPS) is 12.3. The van der Waals surface area contributed by atoms with Crippen molar-refractivity contribution in [1.29, 1.82) is 0 Å². The summed E-state index contributed by atoms with van der Waals surface area (Å²) in [5.74, 6) is 0.876. The zero-order chi connectivity index (χ0) is 17.4. The van der Waals surface area contributed by atoms with E-state index < -0.39 is 8.32 Å². The maximum Gasteiger partial charge on any atom is 0.250 e. The molecule has 0 unspecified atom stereocenters. The molecule has 0 spiro atoms. The second-order valence-corrected chi connectivity index (χ2v) is 12.5. The summed E-state index contributed by atoms with van der Waals surface area (Å²) in [5, 5.41) is 2.09. The first-order valence-corrected chi connectivity index (χ1v) is 10.9. The van der Waals surface area contributed by atoms with Crippen molar-refractivity contribution in [3.63, 3.8) is 0 Å². The molecule has 0 saturated heterocycles. The van der Waals surface area contributed by atoms with Crippen LogP contribution in [0.15, 0.2) is 30.3 Å². The lowest BCUT2D eigenvalue weighted by Crippen LogP contribution is -2.43. The van der Waals surface area contributed by atoms with Gasteiger partial charge in [-0.3, -0.25) is 4.79 Å². The van der Waals surface area contributed by atoms with Crippen LogP contribution in [0.4, 0.5) is 5.69 Å². The van der Waals surface area contributed by atoms with Gasteiger partial charge in [-0.15, -0.1) is 0 Å². The summed E-state index contributed by atoms with van der Waals surface area (Å²) < 4.78 is 6.52. The summed E-state index contributed by atoms with van der Waals surface area (Å²) in [6.45, 7) is 11.2. The molecule has 124 valence electrons. The topological polar surface area (TPSA) is 29.5 Å². The number of fused-ring (bicyclic) bond motifs is 1. The van der Waals surface area contributed by atoms with Gasteiger partial charge in [-0.25, -0.2) is 0 Å². The molecule has 0 aliphatic carbocycles. The van der Waals surface area contributed by atoms with Gasteiger partial charge >= 0.3 is 0 Å². The maximum absolute atomic E-state index is 11.5. The molecular formula is C19H27NO2Si. The molecular weight excluding hydrogens is 302 g/mol. The highest BCUT2D eigenvalue weighted by atomic mass is 28.4. The van der Waals surface area contributed by atoms with E-state index in [-0.39, 0.29) is 5.04 Å². The molecule has 3 nitrogen and oxygen atoms in total. The minimum Gasteiger partial charge on any atom is -0.543 e. The Kier molecular flexibility index (Phi) is 4.58. The van der Waals surface area contributed by atoms with Crippen molar-refractivity contribution >= 4 is 31.1 Å². The number of aldehydes is 1. The molecule has 0 radical (unpaired) electrons. The molecule has 0 saturated carbocycles. The lowest BCUT2D eigenvalue weighted by molar-refractivity contribution is 0.112. The Hall–Kier alpha value is -1.81. The Balaban J connectivity index is 2.69. The van der Waals surface area contributed by atoms with E-state index in [9.17, 15) is 4.79 Å². The van der Waals surface area contributed by atoms with Crippen molar-refractivity contribution < 1.29 is 9.22 Å². The summed E-state index contributed by atoms with van der Waals surface area (Å²) in [7, 11) is 2.04. The fraction of sp³-hybridized carbons (Fsp3) is 0.421. The molecule has 0 aliphatic rings. The predicted molar refractivity (Wildman–Crippen MR) is 101 cm³/mol. The first-order valence-electron chi connectivity index (χ1n) is 7.96. The maximum atomic E-state index is 11.5. The monoisotopic (exact) mass is 329 g/mol. The zero-order valence-electron chi connectivity index (χ0n) is 15.2. The first kappa shape index (κ1) is 17.5. The number of anilines is 1. The highest BCUT2D eigenvalue weighted by Gasteiger charge is 2.39. The van der Waals surface area contributed by atoms with Crippen molar-refractivity contribution in [2.24, 2.45) is 0 Å². The Bertz CT molecular complexity index is 730. The van der Waals surface area contributed by atoms with Crippen LogP contribution in [-0.4, -0.2) is 28.7 Å². The van der Waals surface area contributed by atoms with E-state index in [0.717, 1.165) is 28.5 Å². The number of carbonyl (C=O) groups excluding carboxylic acids is 1. The second kappa shape index (κ2) is 6.00. The van der Waals surface area contributed by atoms with Crippen LogP contribution in [0.2, 0.25) is 18.1 Å². The van der Waals surface area contributed by atoms with Crippen LogP contribution in [0.25, 0.3) is 10.8 Å². The summed E-state index contributed by atoms with van der Waals surface area (Å²) in [6.07, 6.45) is 0.922. The summed E-state index contributed by atoms with van der Waals surface area (Å²) in [6, 6.07) is 9.89. The fourth-order valence-corrected chi connectivity index (χ4v) is 3.41. The van der Waals surface area contributed by atoms with Gasteiger partial charge in [0, 0.05) is 36.1 Å². The molecule has 0 amide bonds. The van der Waals surface area contributed by atoms with E-state index in [0.29, 0.717) is 5.56 Å². The molecule has 0 N–H and O–H groups in total. The molecule has 0 bridgehead atoms. The van der Waals surface area contributed by atoms with Gasteiger partial charge in [0.05, 0.1) is 0 Å². The van der Waals surface area contributed by atoms with Crippen molar-refractivity contribution in [3.05, 3.63) is 35.9 Å². The van der Waals surface area contributed by atoms with E-state index in [1.54, 1.807) is 0 Å². The van der Waals surface area contributed by atoms with Crippen LogP contribution >= 0.6 is 0 Å². The van der Waals surface area contributed by atoms with Crippen LogP contribution in [0.5, 0.6) is 5.75 Å². The number of nitrogens with zero attached hydrogens (tertiary/aromatic N) is 1. The van der Waals surface area contributed by atoms with Crippen molar-refractivity contribution in [1.82, 2.24) is 0 Å². The Morgan fingerprint density at radius 2 is 1.74 bits per heavy atom. The summed E-state index contributed by atoms with van der Waals surface area (Å²) in [4.78, 5) is 13.5. The largest absolute Gasteiger partial charge is 0.543 e. The van der Waals surface area contributed by atoms with Crippen LogP contribution in [0, 0.1) is 0 Å². The van der Waals surface area contributed by atoms with E-state index in [2.05, 4.69) is 33.9 Å². The van der Waals surface area contributed by atoms with E-state index in [1.807, 2.05) is 49.3 Å². The molecule has 23 heavy (non-hydrogen) atoms. The lowest BCUT2D eigenvalue weighted by Gasteiger charge is -2.37. The Morgan fingerprint density at radius 1 is 1.09 bits per heavy atom. The molecule has 0 fully saturated rings. The van der Waals surface area contributed by atoms with Gasteiger partial charge in [0.2, 0.25) is 0 Å². The van der Waals surface area contributed by atoms with Gasteiger partial charge in [0.25, 0.3) is 8.32 Å². The number of benzene rings is 2. The highest BCUT2D eigenvalue weighted by Crippen LogP contribution is 2.41. The quantitative estimate of drug-likeness (QED) is 0.577. The van der Waals surface area contributed by atoms with E-state index >= 15 is 0 Å². The number of hydrogen-bond acceptors (Lipinski definition) is 3. The first-order chi connectivity index (χ1) is 10.6. The van der Waals surface area contributed by atoms with Crippen molar-refractivity contribution in [3.8, 4) is 5.75 Å². The molecule has 2 rings (SSSR count). The highest BCUT2D eigenvalue weighted by molar-refractivity contribution is 6.74. The third-order valence-corrected chi connectivity index (χ3v) is 9.13.